The first-order chi connectivity index (χ1) is 9.06. The zero-order valence-electron chi connectivity index (χ0n) is 9.61. The van der Waals surface area contributed by atoms with Crippen molar-refractivity contribution in [1.29, 1.82) is 0 Å². The zero-order valence-corrected chi connectivity index (χ0v) is 9.61. The number of hydrogen-bond acceptors (Lipinski definition) is 7. The van der Waals surface area contributed by atoms with Crippen molar-refractivity contribution in [2.45, 2.75) is 19.3 Å². The number of aliphatic carboxylic acids is 1. The highest BCUT2D eigenvalue weighted by atomic mass is 16.6. The molecule has 0 fully saturated rings. The first kappa shape index (κ1) is 12.7. The van der Waals surface area contributed by atoms with Crippen LogP contribution < -0.4 is 0 Å². The van der Waals surface area contributed by atoms with Crippen molar-refractivity contribution >= 4 is 11.9 Å². The highest BCUT2D eigenvalue weighted by Crippen LogP contribution is 2.25. The number of nitro groups is 1. The summed E-state index contributed by atoms with van der Waals surface area (Å²) in [6, 6.07) is 2.54. The molecule has 0 unspecified atom stereocenters. The lowest BCUT2D eigenvalue weighted by Crippen LogP contribution is -1.95. The summed E-state index contributed by atoms with van der Waals surface area (Å²) in [5.41, 5.74) is 0. The lowest BCUT2D eigenvalue weighted by Gasteiger charge is -1.91. The van der Waals surface area contributed by atoms with E-state index in [1.807, 2.05) is 0 Å². The van der Waals surface area contributed by atoms with Gasteiger partial charge in [-0.3, -0.25) is 14.9 Å². The molecule has 0 saturated heterocycles. The Morgan fingerprint density at radius 2 is 2.16 bits per heavy atom. The second-order valence-corrected chi connectivity index (χ2v) is 3.64. The fourth-order valence-corrected chi connectivity index (χ4v) is 1.39. The standard InChI is InChI=1S/C10H9N3O6/c14-9(15)3-1-2-7-11-12-10(19-7)6-4-5-8(18-6)13(16)17/h4-5H,1-3H2,(H,14,15). The molecule has 9 heteroatoms. The number of carbonyl (C=O) groups is 1. The number of rotatable bonds is 6. The summed E-state index contributed by atoms with van der Waals surface area (Å²) in [6.07, 6.45) is 0.696. The van der Waals surface area contributed by atoms with Crippen LogP contribution in [0.15, 0.2) is 21.0 Å². The highest BCUT2D eigenvalue weighted by molar-refractivity contribution is 5.66. The number of furan rings is 1. The Kier molecular flexibility index (Phi) is 3.55. The molecule has 0 saturated carbocycles. The maximum absolute atomic E-state index is 10.4. The number of carboxylic acid groups (broad SMARTS) is 1. The van der Waals surface area contributed by atoms with Crippen LogP contribution in [0.2, 0.25) is 0 Å². The van der Waals surface area contributed by atoms with Gasteiger partial charge < -0.3 is 13.9 Å². The number of carboxylic acids is 1. The Morgan fingerprint density at radius 3 is 2.79 bits per heavy atom. The van der Waals surface area contributed by atoms with E-state index in [9.17, 15) is 14.9 Å². The molecule has 0 spiro atoms. The third-order valence-electron chi connectivity index (χ3n) is 2.23. The average Bonchev–Trinajstić information content (AvgIpc) is 2.95. The molecular weight excluding hydrogens is 258 g/mol. The summed E-state index contributed by atoms with van der Waals surface area (Å²) in [5.74, 6) is -0.931. The molecule has 0 aliphatic heterocycles. The van der Waals surface area contributed by atoms with Crippen molar-refractivity contribution in [3.05, 3.63) is 28.1 Å². The topological polar surface area (TPSA) is 132 Å². The fraction of sp³-hybridized carbons (Fsp3) is 0.300. The third kappa shape index (κ3) is 3.15. The van der Waals surface area contributed by atoms with Gasteiger partial charge in [-0.1, -0.05) is 0 Å². The van der Waals surface area contributed by atoms with Crippen LogP contribution in [0.25, 0.3) is 11.7 Å². The zero-order chi connectivity index (χ0) is 13.8. The quantitative estimate of drug-likeness (QED) is 0.616. The summed E-state index contributed by atoms with van der Waals surface area (Å²) >= 11 is 0. The van der Waals surface area contributed by atoms with E-state index in [4.69, 9.17) is 13.9 Å². The molecule has 0 radical (unpaired) electrons. The van der Waals surface area contributed by atoms with Gasteiger partial charge in [-0.25, -0.2) is 0 Å². The van der Waals surface area contributed by atoms with Gasteiger partial charge in [0.1, 0.15) is 4.92 Å². The molecule has 2 rings (SSSR count). The van der Waals surface area contributed by atoms with Gasteiger partial charge in [0.2, 0.25) is 5.89 Å². The van der Waals surface area contributed by atoms with E-state index in [1.165, 1.54) is 12.1 Å². The average molecular weight is 267 g/mol. The van der Waals surface area contributed by atoms with Gasteiger partial charge in [0.25, 0.3) is 5.89 Å². The van der Waals surface area contributed by atoms with Crippen LogP contribution in [0.1, 0.15) is 18.7 Å². The van der Waals surface area contributed by atoms with Crippen molar-refractivity contribution in [2.24, 2.45) is 0 Å². The minimum absolute atomic E-state index is 0.00391. The maximum atomic E-state index is 10.4. The minimum Gasteiger partial charge on any atom is -0.481 e. The second kappa shape index (κ2) is 5.29. The van der Waals surface area contributed by atoms with Crippen LogP contribution in [-0.2, 0) is 11.2 Å². The number of aryl methyl sites for hydroxylation is 1. The molecular formula is C10H9N3O6. The molecule has 2 aromatic heterocycles. The van der Waals surface area contributed by atoms with Crippen LogP contribution in [-0.4, -0.2) is 26.2 Å². The van der Waals surface area contributed by atoms with E-state index in [1.54, 1.807) is 0 Å². The normalized spacial score (nSPS) is 10.5. The molecule has 0 aliphatic rings. The SMILES string of the molecule is O=C(O)CCCc1nnc(-c2ccc([N+](=O)[O-])o2)o1. The Hall–Kier alpha value is -2.71. The van der Waals surface area contributed by atoms with Gasteiger partial charge in [-0.05, 0) is 12.5 Å². The van der Waals surface area contributed by atoms with Crippen LogP contribution in [0.5, 0.6) is 0 Å². The summed E-state index contributed by atoms with van der Waals surface area (Å²) in [6.45, 7) is 0. The van der Waals surface area contributed by atoms with E-state index in [0.717, 1.165) is 0 Å². The molecule has 0 atom stereocenters. The van der Waals surface area contributed by atoms with Crippen molar-refractivity contribution in [3.63, 3.8) is 0 Å². The first-order valence-corrected chi connectivity index (χ1v) is 5.35. The molecule has 0 amide bonds. The molecule has 2 heterocycles. The van der Waals surface area contributed by atoms with Crippen molar-refractivity contribution in [2.75, 3.05) is 0 Å². The lowest BCUT2D eigenvalue weighted by molar-refractivity contribution is -0.401. The summed E-state index contributed by atoms with van der Waals surface area (Å²) in [4.78, 5) is 20.1. The van der Waals surface area contributed by atoms with Crippen molar-refractivity contribution in [1.82, 2.24) is 10.2 Å². The van der Waals surface area contributed by atoms with E-state index in [0.29, 0.717) is 12.8 Å². The molecule has 9 nitrogen and oxygen atoms in total. The van der Waals surface area contributed by atoms with Crippen molar-refractivity contribution < 1.29 is 23.7 Å². The molecule has 100 valence electrons. The van der Waals surface area contributed by atoms with E-state index in [2.05, 4.69) is 10.2 Å². The van der Waals surface area contributed by atoms with Crippen LogP contribution in [0.3, 0.4) is 0 Å². The number of hydrogen-bond donors (Lipinski definition) is 1. The summed E-state index contributed by atoms with van der Waals surface area (Å²) in [5, 5.41) is 26.3. The first-order valence-electron chi connectivity index (χ1n) is 5.35. The predicted molar refractivity (Wildman–Crippen MR) is 59.2 cm³/mol. The van der Waals surface area contributed by atoms with E-state index < -0.39 is 16.8 Å². The number of aromatic nitrogens is 2. The van der Waals surface area contributed by atoms with Gasteiger partial charge >= 0.3 is 11.9 Å². The second-order valence-electron chi connectivity index (χ2n) is 3.64. The molecule has 0 bridgehead atoms. The summed E-state index contributed by atoms with van der Waals surface area (Å²) in [7, 11) is 0. The molecule has 1 N–H and O–H groups in total. The van der Waals surface area contributed by atoms with Crippen molar-refractivity contribution in [3.8, 4) is 11.7 Å². The molecule has 2 aromatic rings. The summed E-state index contributed by atoms with van der Waals surface area (Å²) < 4.78 is 10.1. The molecule has 0 aliphatic carbocycles. The van der Waals surface area contributed by atoms with Gasteiger partial charge in [0.05, 0.1) is 6.07 Å². The maximum Gasteiger partial charge on any atom is 0.433 e. The number of nitrogens with zero attached hydrogens (tertiary/aromatic N) is 3. The monoisotopic (exact) mass is 267 g/mol. The van der Waals surface area contributed by atoms with Gasteiger partial charge in [-0.2, -0.15) is 0 Å². The van der Waals surface area contributed by atoms with Crippen LogP contribution >= 0.6 is 0 Å². The van der Waals surface area contributed by atoms with E-state index in [-0.39, 0.29) is 24.0 Å². The van der Waals surface area contributed by atoms with E-state index >= 15 is 0 Å². The minimum atomic E-state index is -0.901. The van der Waals surface area contributed by atoms with Crippen LogP contribution in [0, 0.1) is 10.1 Å². The largest absolute Gasteiger partial charge is 0.481 e. The molecule has 19 heavy (non-hydrogen) atoms. The Bertz CT molecular complexity index is 602. The third-order valence-corrected chi connectivity index (χ3v) is 2.23. The fourth-order valence-electron chi connectivity index (χ4n) is 1.39. The predicted octanol–water partition coefficient (Wildman–Crippen LogP) is 1.65. The Morgan fingerprint density at radius 1 is 1.37 bits per heavy atom. The Balaban J connectivity index is 2.03. The Labute approximate surface area is 106 Å². The van der Waals surface area contributed by atoms with Gasteiger partial charge in [0.15, 0.2) is 5.76 Å². The lowest BCUT2D eigenvalue weighted by atomic mass is 10.2. The van der Waals surface area contributed by atoms with Crippen LogP contribution in [0.4, 0.5) is 5.88 Å². The highest BCUT2D eigenvalue weighted by Gasteiger charge is 2.17. The van der Waals surface area contributed by atoms with Gasteiger partial charge in [0, 0.05) is 12.8 Å². The molecule has 0 aromatic carbocycles. The smallest absolute Gasteiger partial charge is 0.433 e. The van der Waals surface area contributed by atoms with Gasteiger partial charge in [-0.15, -0.1) is 10.2 Å².